The van der Waals surface area contributed by atoms with Gasteiger partial charge in [-0.3, -0.25) is 4.79 Å². The molecule has 2 nitrogen and oxygen atoms in total. The van der Waals surface area contributed by atoms with Crippen molar-refractivity contribution in [1.29, 1.82) is 0 Å². The van der Waals surface area contributed by atoms with Gasteiger partial charge in [-0.15, -0.1) is 0 Å². The Kier molecular flexibility index (Phi) is 4.56. The highest BCUT2D eigenvalue weighted by Crippen LogP contribution is 2.19. The van der Waals surface area contributed by atoms with Crippen molar-refractivity contribution in [2.45, 2.75) is 26.2 Å². The third-order valence-electron chi connectivity index (χ3n) is 1.96. The van der Waals surface area contributed by atoms with Crippen LogP contribution < -0.4 is 5.32 Å². The van der Waals surface area contributed by atoms with Gasteiger partial charge in [0.1, 0.15) is 5.82 Å². The summed E-state index contributed by atoms with van der Waals surface area (Å²) in [6, 6.07) is 4.18. The van der Waals surface area contributed by atoms with Crippen LogP contribution in [0.25, 0.3) is 0 Å². The normalized spacial score (nSPS) is 10.1. The van der Waals surface area contributed by atoms with Crippen molar-refractivity contribution in [3.63, 3.8) is 0 Å². The molecule has 0 heterocycles. The van der Waals surface area contributed by atoms with Gasteiger partial charge in [0.25, 0.3) is 0 Å². The summed E-state index contributed by atoms with van der Waals surface area (Å²) < 4.78 is 13.2. The monoisotopic (exact) mass is 229 g/mol. The third-order valence-corrected chi connectivity index (χ3v) is 2.20. The van der Waals surface area contributed by atoms with E-state index in [1.165, 1.54) is 12.1 Å². The molecule has 15 heavy (non-hydrogen) atoms. The molecule has 0 aliphatic carbocycles. The number of anilines is 1. The first-order chi connectivity index (χ1) is 7.13. The van der Waals surface area contributed by atoms with Crippen LogP contribution in [0.4, 0.5) is 10.1 Å². The molecule has 1 N–H and O–H groups in total. The summed E-state index contributed by atoms with van der Waals surface area (Å²) in [5.41, 5.74) is 0.181. The van der Waals surface area contributed by atoms with Gasteiger partial charge in [0.05, 0.1) is 5.69 Å². The van der Waals surface area contributed by atoms with Crippen molar-refractivity contribution in [2.75, 3.05) is 5.32 Å². The number of amides is 1. The first-order valence-corrected chi connectivity index (χ1v) is 5.26. The molecule has 0 saturated heterocycles. The zero-order valence-electron chi connectivity index (χ0n) is 8.52. The van der Waals surface area contributed by atoms with E-state index < -0.39 is 5.82 Å². The maximum atomic E-state index is 13.2. The first kappa shape index (κ1) is 12.0. The lowest BCUT2D eigenvalue weighted by Crippen LogP contribution is -2.12. The van der Waals surface area contributed by atoms with Crippen LogP contribution >= 0.6 is 11.6 Å². The van der Waals surface area contributed by atoms with E-state index in [1.807, 2.05) is 6.92 Å². The van der Waals surface area contributed by atoms with Crippen LogP contribution in [0.2, 0.25) is 5.02 Å². The molecule has 4 heteroatoms. The van der Waals surface area contributed by atoms with Gasteiger partial charge in [0.15, 0.2) is 0 Å². The predicted octanol–water partition coefficient (Wildman–Crippen LogP) is 3.61. The van der Waals surface area contributed by atoms with Crippen molar-refractivity contribution < 1.29 is 9.18 Å². The Morgan fingerprint density at radius 2 is 2.27 bits per heavy atom. The number of carbonyl (C=O) groups is 1. The molecule has 0 bridgehead atoms. The highest BCUT2D eigenvalue weighted by Gasteiger charge is 2.06. The number of benzene rings is 1. The van der Waals surface area contributed by atoms with Crippen LogP contribution in [-0.4, -0.2) is 5.91 Å². The van der Waals surface area contributed by atoms with Crippen LogP contribution in [0.1, 0.15) is 26.2 Å². The lowest BCUT2D eigenvalue weighted by molar-refractivity contribution is -0.116. The zero-order valence-corrected chi connectivity index (χ0v) is 9.27. The first-order valence-electron chi connectivity index (χ1n) is 4.88. The molecule has 0 unspecified atom stereocenters. The summed E-state index contributed by atoms with van der Waals surface area (Å²) in [6.45, 7) is 2.00. The van der Waals surface area contributed by atoms with Gasteiger partial charge in [-0.25, -0.2) is 4.39 Å². The zero-order chi connectivity index (χ0) is 11.3. The number of halogens is 2. The minimum Gasteiger partial charge on any atom is -0.324 e. The maximum Gasteiger partial charge on any atom is 0.224 e. The fraction of sp³-hybridized carbons (Fsp3) is 0.364. The van der Waals surface area contributed by atoms with Crippen LogP contribution in [0.5, 0.6) is 0 Å². The Bertz CT molecular complexity index is 354. The molecule has 0 radical (unpaired) electrons. The van der Waals surface area contributed by atoms with Gasteiger partial charge in [-0.05, 0) is 24.6 Å². The Hall–Kier alpha value is -1.09. The van der Waals surface area contributed by atoms with Crippen LogP contribution in [0.3, 0.4) is 0 Å². The summed E-state index contributed by atoms with van der Waals surface area (Å²) in [7, 11) is 0. The smallest absolute Gasteiger partial charge is 0.224 e. The van der Waals surface area contributed by atoms with Gasteiger partial charge in [-0.1, -0.05) is 24.9 Å². The van der Waals surface area contributed by atoms with E-state index in [0.29, 0.717) is 11.4 Å². The number of unbranched alkanes of at least 4 members (excludes halogenated alkanes) is 1. The summed E-state index contributed by atoms with van der Waals surface area (Å²) in [5, 5.41) is 2.82. The van der Waals surface area contributed by atoms with E-state index in [1.54, 1.807) is 6.07 Å². The molecule has 82 valence electrons. The Labute approximate surface area is 93.4 Å². The number of hydrogen-bond acceptors (Lipinski definition) is 1. The van der Waals surface area contributed by atoms with Gasteiger partial charge >= 0.3 is 0 Å². The molecule has 0 aliphatic heterocycles. The van der Waals surface area contributed by atoms with E-state index in [4.69, 9.17) is 11.6 Å². The van der Waals surface area contributed by atoms with Crippen LogP contribution in [-0.2, 0) is 4.79 Å². The predicted molar refractivity (Wildman–Crippen MR) is 59.6 cm³/mol. The quantitative estimate of drug-likeness (QED) is 0.840. The van der Waals surface area contributed by atoms with E-state index >= 15 is 0 Å². The van der Waals surface area contributed by atoms with E-state index in [-0.39, 0.29) is 11.6 Å². The SMILES string of the molecule is CCCCC(=O)Nc1ccc(Cl)cc1F. The second kappa shape index (κ2) is 5.71. The highest BCUT2D eigenvalue weighted by molar-refractivity contribution is 6.30. The highest BCUT2D eigenvalue weighted by atomic mass is 35.5. The summed E-state index contributed by atoms with van der Waals surface area (Å²) in [6.07, 6.45) is 2.16. The van der Waals surface area contributed by atoms with Crippen molar-refractivity contribution in [3.8, 4) is 0 Å². The van der Waals surface area contributed by atoms with Crippen molar-refractivity contribution in [2.24, 2.45) is 0 Å². The summed E-state index contributed by atoms with van der Waals surface area (Å²) in [5.74, 6) is -0.676. The fourth-order valence-electron chi connectivity index (χ4n) is 1.14. The number of hydrogen-bond donors (Lipinski definition) is 1. The maximum absolute atomic E-state index is 13.2. The molecule has 1 aromatic rings. The molecule has 0 fully saturated rings. The average Bonchev–Trinajstić information content (AvgIpc) is 2.19. The molecular weight excluding hydrogens is 217 g/mol. The van der Waals surface area contributed by atoms with Gasteiger partial charge in [0, 0.05) is 11.4 Å². The number of nitrogens with one attached hydrogen (secondary N) is 1. The van der Waals surface area contributed by atoms with Gasteiger partial charge in [0.2, 0.25) is 5.91 Å². The topological polar surface area (TPSA) is 29.1 Å². The summed E-state index contributed by atoms with van der Waals surface area (Å²) in [4.78, 5) is 11.3. The standard InChI is InChI=1S/C11H13ClFNO/c1-2-3-4-11(15)14-10-6-5-8(12)7-9(10)13/h5-7H,2-4H2,1H3,(H,14,15). The lowest BCUT2D eigenvalue weighted by atomic mass is 10.2. The summed E-state index contributed by atoms with van der Waals surface area (Å²) >= 11 is 5.58. The number of rotatable bonds is 4. The van der Waals surface area contributed by atoms with Gasteiger partial charge in [-0.2, -0.15) is 0 Å². The van der Waals surface area contributed by atoms with Crippen molar-refractivity contribution in [3.05, 3.63) is 29.0 Å². The minimum absolute atomic E-state index is 0.168. The van der Waals surface area contributed by atoms with Crippen molar-refractivity contribution >= 4 is 23.2 Å². The molecule has 0 aliphatic rings. The van der Waals surface area contributed by atoms with Crippen LogP contribution in [0, 0.1) is 5.82 Å². The van der Waals surface area contributed by atoms with Gasteiger partial charge < -0.3 is 5.32 Å². The Morgan fingerprint density at radius 3 is 2.87 bits per heavy atom. The second-order valence-electron chi connectivity index (χ2n) is 3.28. The van der Waals surface area contributed by atoms with E-state index in [0.717, 1.165) is 12.8 Å². The second-order valence-corrected chi connectivity index (χ2v) is 3.71. The fourth-order valence-corrected chi connectivity index (χ4v) is 1.30. The van der Waals surface area contributed by atoms with E-state index in [9.17, 15) is 9.18 Å². The molecule has 1 aromatic carbocycles. The molecule has 0 aromatic heterocycles. The molecule has 0 atom stereocenters. The average molecular weight is 230 g/mol. The lowest BCUT2D eigenvalue weighted by Gasteiger charge is -2.05. The molecule has 0 spiro atoms. The minimum atomic E-state index is -0.507. The van der Waals surface area contributed by atoms with E-state index in [2.05, 4.69) is 5.32 Å². The van der Waals surface area contributed by atoms with Crippen molar-refractivity contribution in [1.82, 2.24) is 0 Å². The Balaban J connectivity index is 2.60. The molecule has 0 saturated carbocycles. The Morgan fingerprint density at radius 1 is 1.53 bits per heavy atom. The largest absolute Gasteiger partial charge is 0.324 e. The van der Waals surface area contributed by atoms with Crippen LogP contribution in [0.15, 0.2) is 18.2 Å². The third kappa shape index (κ3) is 3.88. The molecule has 1 rings (SSSR count). The molecule has 1 amide bonds. The number of carbonyl (C=O) groups excluding carboxylic acids is 1. The molecular formula is C11H13ClFNO.